The van der Waals surface area contributed by atoms with Gasteiger partial charge in [0, 0.05) is 22.7 Å². The summed E-state index contributed by atoms with van der Waals surface area (Å²) in [5.74, 6) is 0. The maximum Gasteiger partial charge on any atom is 0.293 e. The number of nitrogens with one attached hydrogen (secondary N) is 2. The maximum absolute atomic E-state index is 11.0. The smallest absolute Gasteiger partial charge is 0.293 e. The van der Waals surface area contributed by atoms with Gasteiger partial charge in [0.05, 0.1) is 4.92 Å². The van der Waals surface area contributed by atoms with Crippen molar-refractivity contribution in [2.75, 3.05) is 25.0 Å². The van der Waals surface area contributed by atoms with Gasteiger partial charge in [-0.1, -0.05) is 11.6 Å². The minimum Gasteiger partial charge on any atom is -0.379 e. The molecule has 0 atom stereocenters. The van der Waals surface area contributed by atoms with Crippen LogP contribution in [0.5, 0.6) is 0 Å². The van der Waals surface area contributed by atoms with Crippen molar-refractivity contribution >= 4 is 34.0 Å². The average molecular weight is 373 g/mol. The first-order valence-corrected chi connectivity index (χ1v) is 7.31. The molecule has 0 saturated heterocycles. The summed E-state index contributed by atoms with van der Waals surface area (Å²) in [6.45, 7) is 2.68. The number of nitrogens with zero attached hydrogens (tertiary/aromatic N) is 1. The molecular formula is C13H16IN3O2. The van der Waals surface area contributed by atoms with Gasteiger partial charge in [-0.3, -0.25) is 10.1 Å². The Hall–Kier alpha value is -1.15. The van der Waals surface area contributed by atoms with Gasteiger partial charge in [0.2, 0.25) is 0 Å². The second kappa shape index (κ2) is 6.85. The van der Waals surface area contributed by atoms with Crippen LogP contribution in [-0.4, -0.2) is 24.6 Å². The molecule has 1 aromatic carbocycles. The van der Waals surface area contributed by atoms with Crippen LogP contribution in [-0.2, 0) is 0 Å². The zero-order chi connectivity index (χ0) is 13.7. The molecule has 5 nitrogen and oxygen atoms in total. The number of rotatable bonds is 5. The third-order valence-corrected chi connectivity index (χ3v) is 3.75. The predicted molar refractivity (Wildman–Crippen MR) is 84.5 cm³/mol. The molecule has 1 heterocycles. The maximum atomic E-state index is 11.0. The molecule has 102 valence electrons. The van der Waals surface area contributed by atoms with Gasteiger partial charge < -0.3 is 10.6 Å². The molecule has 0 radical (unpaired) electrons. The van der Waals surface area contributed by atoms with E-state index in [1.54, 1.807) is 12.1 Å². The minimum atomic E-state index is -0.339. The Balaban J connectivity index is 1.95. The van der Waals surface area contributed by atoms with Gasteiger partial charge in [0.15, 0.2) is 0 Å². The second-order valence-corrected chi connectivity index (χ2v) is 5.66. The fourth-order valence-electron chi connectivity index (χ4n) is 2.06. The normalized spacial score (nSPS) is 14.9. The van der Waals surface area contributed by atoms with Crippen molar-refractivity contribution in [1.29, 1.82) is 0 Å². The number of hydrogen-bond acceptors (Lipinski definition) is 4. The molecule has 0 spiro atoms. The highest BCUT2D eigenvalue weighted by molar-refractivity contribution is 14.1. The summed E-state index contributed by atoms with van der Waals surface area (Å²) >= 11 is 2.08. The first-order chi connectivity index (χ1) is 9.16. The van der Waals surface area contributed by atoms with E-state index in [1.807, 2.05) is 6.07 Å². The molecule has 6 heteroatoms. The van der Waals surface area contributed by atoms with Gasteiger partial charge in [-0.2, -0.15) is 0 Å². The Bertz CT molecular complexity index is 503. The number of anilines is 1. The van der Waals surface area contributed by atoms with Crippen LogP contribution in [0.2, 0.25) is 0 Å². The number of hydrogen-bond donors (Lipinski definition) is 2. The van der Waals surface area contributed by atoms with Crippen LogP contribution in [0.15, 0.2) is 29.8 Å². The third kappa shape index (κ3) is 4.17. The van der Waals surface area contributed by atoms with Gasteiger partial charge in [0.1, 0.15) is 5.69 Å². The molecule has 0 saturated carbocycles. The van der Waals surface area contributed by atoms with Crippen LogP contribution in [0.3, 0.4) is 0 Å². The summed E-state index contributed by atoms with van der Waals surface area (Å²) < 4.78 is 0.871. The molecule has 0 aromatic heterocycles. The zero-order valence-electron chi connectivity index (χ0n) is 10.5. The van der Waals surface area contributed by atoms with Gasteiger partial charge in [-0.25, -0.2) is 0 Å². The lowest BCUT2D eigenvalue weighted by Gasteiger charge is -2.14. The van der Waals surface area contributed by atoms with E-state index in [1.165, 1.54) is 5.57 Å². The van der Waals surface area contributed by atoms with Crippen LogP contribution >= 0.6 is 22.6 Å². The molecule has 0 bridgehead atoms. The summed E-state index contributed by atoms with van der Waals surface area (Å²) in [5.41, 5.74) is 2.16. The Morgan fingerprint density at radius 1 is 1.47 bits per heavy atom. The lowest BCUT2D eigenvalue weighted by molar-refractivity contribution is -0.384. The fraction of sp³-hybridized carbons (Fsp3) is 0.385. The number of benzene rings is 1. The summed E-state index contributed by atoms with van der Waals surface area (Å²) in [6.07, 6.45) is 4.20. The lowest BCUT2D eigenvalue weighted by atomic mass is 10.1. The van der Waals surface area contributed by atoms with Crippen molar-refractivity contribution in [3.63, 3.8) is 0 Å². The van der Waals surface area contributed by atoms with E-state index < -0.39 is 0 Å². The van der Waals surface area contributed by atoms with Crippen molar-refractivity contribution in [3.8, 4) is 0 Å². The molecule has 2 rings (SSSR count). The van der Waals surface area contributed by atoms with E-state index in [9.17, 15) is 10.1 Å². The number of nitro benzene ring substituents is 1. The third-order valence-electron chi connectivity index (χ3n) is 3.08. The Morgan fingerprint density at radius 2 is 2.32 bits per heavy atom. The molecule has 2 N–H and O–H groups in total. The highest BCUT2D eigenvalue weighted by Crippen LogP contribution is 2.26. The van der Waals surface area contributed by atoms with Crippen molar-refractivity contribution in [1.82, 2.24) is 5.32 Å². The summed E-state index contributed by atoms with van der Waals surface area (Å²) in [5, 5.41) is 17.4. The van der Waals surface area contributed by atoms with E-state index >= 15 is 0 Å². The minimum absolute atomic E-state index is 0.145. The van der Waals surface area contributed by atoms with Gasteiger partial charge >= 0.3 is 0 Å². The molecule has 0 fully saturated rings. The van der Waals surface area contributed by atoms with Crippen LogP contribution in [0.4, 0.5) is 11.4 Å². The highest BCUT2D eigenvalue weighted by atomic mass is 127. The number of nitro groups is 1. The predicted octanol–water partition coefficient (Wildman–Crippen LogP) is 2.92. The topological polar surface area (TPSA) is 67.2 Å². The monoisotopic (exact) mass is 373 g/mol. The molecule has 0 amide bonds. The van der Waals surface area contributed by atoms with Gasteiger partial charge in [-0.05, 0) is 54.1 Å². The first kappa shape index (κ1) is 14.3. The Morgan fingerprint density at radius 3 is 3.00 bits per heavy atom. The zero-order valence-corrected chi connectivity index (χ0v) is 12.6. The van der Waals surface area contributed by atoms with Crippen LogP contribution in [0.25, 0.3) is 0 Å². The molecule has 19 heavy (non-hydrogen) atoms. The summed E-state index contributed by atoms with van der Waals surface area (Å²) in [6, 6.07) is 5.24. The van der Waals surface area contributed by atoms with Crippen molar-refractivity contribution in [2.24, 2.45) is 0 Å². The molecule has 0 unspecified atom stereocenters. The largest absolute Gasteiger partial charge is 0.379 e. The van der Waals surface area contributed by atoms with Gasteiger partial charge in [0.25, 0.3) is 5.69 Å². The quantitative estimate of drug-likeness (QED) is 0.361. The lowest BCUT2D eigenvalue weighted by Crippen LogP contribution is -2.21. The van der Waals surface area contributed by atoms with Gasteiger partial charge in [-0.15, -0.1) is 0 Å². The van der Waals surface area contributed by atoms with Crippen molar-refractivity contribution in [3.05, 3.63) is 43.5 Å². The standard InChI is InChI=1S/C13H16IN3O2/c14-11-1-2-12(13(9-11)17(18)19)16-8-5-10-3-6-15-7-4-10/h1-3,9,15-16H,4-8H2. The number of halogens is 1. The fourth-order valence-corrected chi connectivity index (χ4v) is 2.53. The molecular weight excluding hydrogens is 357 g/mol. The van der Waals surface area contributed by atoms with E-state index in [4.69, 9.17) is 0 Å². The van der Waals surface area contributed by atoms with Crippen LogP contribution in [0, 0.1) is 13.7 Å². The van der Waals surface area contributed by atoms with Crippen molar-refractivity contribution in [2.45, 2.75) is 12.8 Å². The van der Waals surface area contributed by atoms with E-state index in [-0.39, 0.29) is 10.6 Å². The van der Waals surface area contributed by atoms with Crippen LogP contribution < -0.4 is 10.6 Å². The summed E-state index contributed by atoms with van der Waals surface area (Å²) in [4.78, 5) is 10.6. The highest BCUT2D eigenvalue weighted by Gasteiger charge is 2.13. The molecule has 0 aliphatic carbocycles. The Labute approximate surface area is 125 Å². The molecule has 1 aliphatic rings. The van der Waals surface area contributed by atoms with E-state index in [0.29, 0.717) is 5.69 Å². The van der Waals surface area contributed by atoms with Crippen LogP contribution in [0.1, 0.15) is 12.8 Å². The SMILES string of the molecule is O=[N+]([O-])c1cc(I)ccc1NCCC1=CCNCC1. The van der Waals surface area contributed by atoms with E-state index in [0.717, 1.165) is 36.0 Å². The van der Waals surface area contributed by atoms with Crippen molar-refractivity contribution < 1.29 is 4.92 Å². The van der Waals surface area contributed by atoms with E-state index in [2.05, 4.69) is 39.3 Å². The molecule has 1 aromatic rings. The molecule has 1 aliphatic heterocycles. The average Bonchev–Trinajstić information content (AvgIpc) is 2.41. The summed E-state index contributed by atoms with van der Waals surface area (Å²) in [7, 11) is 0. The second-order valence-electron chi connectivity index (χ2n) is 4.41. The first-order valence-electron chi connectivity index (χ1n) is 6.23. The Kier molecular flexibility index (Phi) is 5.15.